The lowest BCUT2D eigenvalue weighted by Crippen LogP contribution is -2.17. The number of nitrogens with zero attached hydrogens (tertiary/aromatic N) is 1. The number of rotatable bonds is 2. The molecule has 94 valence electrons. The van der Waals surface area contributed by atoms with Crippen molar-refractivity contribution in [3.63, 3.8) is 0 Å². The molecule has 0 bridgehead atoms. The molecule has 2 aromatic rings. The van der Waals surface area contributed by atoms with Crippen molar-refractivity contribution in [1.82, 2.24) is 4.98 Å². The molecule has 5 heteroatoms. The molecule has 0 aliphatic heterocycles. The monoisotopic (exact) mass is 263 g/mol. The Hall–Kier alpha value is -1.62. The molecule has 0 aromatic carbocycles. The molecule has 0 fully saturated rings. The molecule has 1 aliphatic carbocycles. The zero-order valence-corrected chi connectivity index (χ0v) is 10.8. The highest BCUT2D eigenvalue weighted by atomic mass is 32.1. The number of carbonyl (C=O) groups is 1. The summed E-state index contributed by atoms with van der Waals surface area (Å²) in [6.45, 7) is 1.89. The van der Waals surface area contributed by atoms with Gasteiger partial charge in [0.05, 0.1) is 5.69 Å². The summed E-state index contributed by atoms with van der Waals surface area (Å²) >= 11 is 1.55. The van der Waals surface area contributed by atoms with Gasteiger partial charge in [-0.05, 0) is 38.3 Å². The van der Waals surface area contributed by atoms with Crippen LogP contribution in [0.15, 0.2) is 16.5 Å². The molecule has 1 atom stereocenters. The first-order valence-electron chi connectivity index (χ1n) is 5.94. The Morgan fingerprint density at radius 2 is 2.39 bits per heavy atom. The van der Waals surface area contributed by atoms with E-state index in [9.17, 15) is 9.90 Å². The van der Waals surface area contributed by atoms with Crippen LogP contribution in [-0.2, 0) is 11.2 Å². The zero-order chi connectivity index (χ0) is 12.7. The van der Waals surface area contributed by atoms with E-state index in [0.29, 0.717) is 6.42 Å². The summed E-state index contributed by atoms with van der Waals surface area (Å²) in [5.41, 5.74) is 0.739. The maximum absolute atomic E-state index is 11.2. The number of fused-ring (bicyclic) bond motifs is 1. The van der Waals surface area contributed by atoms with Crippen molar-refractivity contribution in [2.45, 2.75) is 32.1 Å². The average Bonchev–Trinajstić information content (AvgIpc) is 2.93. The van der Waals surface area contributed by atoms with E-state index < -0.39 is 11.9 Å². The van der Waals surface area contributed by atoms with Gasteiger partial charge in [-0.25, -0.2) is 4.98 Å². The number of hydrogen-bond acceptors (Lipinski definition) is 4. The quantitative estimate of drug-likeness (QED) is 0.903. The van der Waals surface area contributed by atoms with Gasteiger partial charge in [-0.15, -0.1) is 11.3 Å². The van der Waals surface area contributed by atoms with Crippen LogP contribution in [0.4, 0.5) is 0 Å². The largest absolute Gasteiger partial charge is 0.481 e. The summed E-state index contributed by atoms with van der Waals surface area (Å²) in [4.78, 5) is 16.8. The number of furan rings is 1. The highest BCUT2D eigenvalue weighted by molar-refractivity contribution is 7.15. The van der Waals surface area contributed by atoms with Gasteiger partial charge in [-0.3, -0.25) is 4.79 Å². The van der Waals surface area contributed by atoms with E-state index in [2.05, 4.69) is 4.98 Å². The molecular weight excluding hydrogens is 250 g/mol. The normalized spacial score (nSPS) is 18.6. The number of aryl methyl sites for hydroxylation is 2. The number of carboxylic acids is 1. The third-order valence-electron chi connectivity index (χ3n) is 3.20. The highest BCUT2D eigenvalue weighted by Gasteiger charge is 2.30. The molecule has 2 aromatic heterocycles. The third kappa shape index (κ3) is 1.84. The number of aliphatic carboxylic acids is 1. The van der Waals surface area contributed by atoms with E-state index in [1.165, 1.54) is 0 Å². The van der Waals surface area contributed by atoms with Crippen molar-refractivity contribution in [3.8, 4) is 10.8 Å². The average molecular weight is 263 g/mol. The van der Waals surface area contributed by atoms with Crippen molar-refractivity contribution in [2.75, 3.05) is 0 Å². The smallest absolute Gasteiger partial charge is 0.312 e. The number of aromatic nitrogens is 1. The second-order valence-electron chi connectivity index (χ2n) is 4.52. The maximum atomic E-state index is 11.2. The lowest BCUT2D eigenvalue weighted by molar-refractivity contribution is -0.139. The number of carboxylic acid groups (broad SMARTS) is 1. The van der Waals surface area contributed by atoms with Gasteiger partial charge in [-0.1, -0.05) is 0 Å². The molecule has 0 saturated carbocycles. The second-order valence-corrected chi connectivity index (χ2v) is 5.60. The van der Waals surface area contributed by atoms with Gasteiger partial charge in [0.15, 0.2) is 10.8 Å². The lowest BCUT2D eigenvalue weighted by atomic mass is 9.91. The van der Waals surface area contributed by atoms with Gasteiger partial charge in [0, 0.05) is 4.88 Å². The highest BCUT2D eigenvalue weighted by Crippen LogP contribution is 2.38. The van der Waals surface area contributed by atoms with Crippen molar-refractivity contribution >= 4 is 17.3 Å². The Bertz CT molecular complexity index is 599. The molecule has 0 saturated heterocycles. The van der Waals surface area contributed by atoms with Crippen molar-refractivity contribution < 1.29 is 14.3 Å². The molecule has 1 unspecified atom stereocenters. The SMILES string of the molecule is Cc1ccc(-c2nc3c(s2)CCCC3C(=O)O)o1. The fourth-order valence-corrected chi connectivity index (χ4v) is 3.44. The van der Waals surface area contributed by atoms with Crippen LogP contribution in [0.1, 0.15) is 35.1 Å². The molecule has 0 radical (unpaired) electrons. The topological polar surface area (TPSA) is 63.3 Å². The number of hydrogen-bond donors (Lipinski definition) is 1. The van der Waals surface area contributed by atoms with Crippen molar-refractivity contribution in [3.05, 3.63) is 28.5 Å². The summed E-state index contributed by atoms with van der Waals surface area (Å²) < 4.78 is 5.54. The standard InChI is InChI=1S/C13H13NO3S/c1-7-5-6-9(17-7)12-14-11-8(13(15)16)3-2-4-10(11)18-12/h5-6,8H,2-4H2,1H3,(H,15,16). The van der Waals surface area contributed by atoms with Crippen LogP contribution in [0.2, 0.25) is 0 Å². The van der Waals surface area contributed by atoms with Gasteiger partial charge in [0.25, 0.3) is 0 Å². The minimum Gasteiger partial charge on any atom is -0.481 e. The predicted octanol–water partition coefficient (Wildman–Crippen LogP) is 3.22. The van der Waals surface area contributed by atoms with Gasteiger partial charge in [-0.2, -0.15) is 0 Å². The molecular formula is C13H13NO3S. The Balaban J connectivity index is 2.03. The van der Waals surface area contributed by atoms with Gasteiger partial charge >= 0.3 is 5.97 Å². The molecule has 0 spiro atoms. The van der Waals surface area contributed by atoms with Gasteiger partial charge in [0.2, 0.25) is 0 Å². The summed E-state index contributed by atoms with van der Waals surface area (Å²) in [5, 5.41) is 10.0. The summed E-state index contributed by atoms with van der Waals surface area (Å²) in [6, 6.07) is 3.78. The summed E-state index contributed by atoms with van der Waals surface area (Å²) in [6.07, 6.45) is 2.53. The zero-order valence-electron chi connectivity index (χ0n) is 9.97. The first-order chi connectivity index (χ1) is 8.65. The molecule has 1 N–H and O–H groups in total. The van der Waals surface area contributed by atoms with Crippen LogP contribution in [0, 0.1) is 6.92 Å². The van der Waals surface area contributed by atoms with E-state index in [0.717, 1.165) is 39.9 Å². The van der Waals surface area contributed by atoms with Gasteiger partial charge < -0.3 is 9.52 Å². The molecule has 1 aliphatic rings. The van der Waals surface area contributed by atoms with Crippen molar-refractivity contribution in [1.29, 1.82) is 0 Å². The molecule has 18 heavy (non-hydrogen) atoms. The van der Waals surface area contributed by atoms with Crippen LogP contribution >= 0.6 is 11.3 Å². The fourth-order valence-electron chi connectivity index (χ4n) is 2.31. The molecule has 0 amide bonds. The third-order valence-corrected chi connectivity index (χ3v) is 4.35. The second kappa shape index (κ2) is 4.24. The molecule has 3 rings (SSSR count). The summed E-state index contributed by atoms with van der Waals surface area (Å²) in [5.74, 6) is 0.349. The van der Waals surface area contributed by atoms with Crippen LogP contribution in [0.3, 0.4) is 0 Å². The fraction of sp³-hybridized carbons (Fsp3) is 0.385. The Morgan fingerprint density at radius 3 is 3.06 bits per heavy atom. The van der Waals surface area contributed by atoms with Gasteiger partial charge in [0.1, 0.15) is 11.7 Å². The van der Waals surface area contributed by atoms with E-state index in [1.54, 1.807) is 11.3 Å². The summed E-state index contributed by atoms with van der Waals surface area (Å²) in [7, 11) is 0. The van der Waals surface area contributed by atoms with E-state index in [1.807, 2.05) is 19.1 Å². The van der Waals surface area contributed by atoms with Crippen LogP contribution in [0.5, 0.6) is 0 Å². The van der Waals surface area contributed by atoms with Crippen LogP contribution in [-0.4, -0.2) is 16.1 Å². The minimum absolute atomic E-state index is 0.449. The number of thiazole rings is 1. The Morgan fingerprint density at radius 1 is 1.56 bits per heavy atom. The lowest BCUT2D eigenvalue weighted by Gasteiger charge is -2.16. The van der Waals surface area contributed by atoms with Crippen LogP contribution in [0.25, 0.3) is 10.8 Å². The van der Waals surface area contributed by atoms with E-state index in [-0.39, 0.29) is 0 Å². The molecule has 2 heterocycles. The molecule has 4 nitrogen and oxygen atoms in total. The van der Waals surface area contributed by atoms with E-state index >= 15 is 0 Å². The Kier molecular flexibility index (Phi) is 2.70. The maximum Gasteiger partial charge on any atom is 0.312 e. The first-order valence-corrected chi connectivity index (χ1v) is 6.76. The Labute approximate surface area is 108 Å². The minimum atomic E-state index is -0.775. The predicted molar refractivity (Wildman–Crippen MR) is 67.9 cm³/mol. The first kappa shape index (κ1) is 11.5. The van der Waals surface area contributed by atoms with Crippen LogP contribution < -0.4 is 0 Å². The van der Waals surface area contributed by atoms with Crippen molar-refractivity contribution in [2.24, 2.45) is 0 Å². The van der Waals surface area contributed by atoms with E-state index in [4.69, 9.17) is 4.42 Å².